The molecule has 31 heavy (non-hydrogen) atoms. The van der Waals surface area contributed by atoms with Gasteiger partial charge in [-0.05, 0) is 35.9 Å². The maximum absolute atomic E-state index is 13.4. The van der Waals surface area contributed by atoms with Crippen molar-refractivity contribution >= 4 is 23.3 Å². The highest BCUT2D eigenvalue weighted by Gasteiger charge is 2.25. The van der Waals surface area contributed by atoms with Crippen LogP contribution in [0.15, 0.2) is 60.9 Å². The van der Waals surface area contributed by atoms with E-state index in [0.717, 1.165) is 5.56 Å². The summed E-state index contributed by atoms with van der Waals surface area (Å²) in [6, 6.07) is 13.2. The van der Waals surface area contributed by atoms with Crippen LogP contribution in [-0.4, -0.2) is 53.1 Å². The van der Waals surface area contributed by atoms with E-state index in [1.807, 2.05) is 41.2 Å². The molecule has 1 saturated heterocycles. The number of carbonyl (C=O) groups is 1. The second-order valence-electron chi connectivity index (χ2n) is 7.16. The highest BCUT2D eigenvalue weighted by Crippen LogP contribution is 2.25. The van der Waals surface area contributed by atoms with Crippen LogP contribution in [0.2, 0.25) is 5.02 Å². The largest absolute Gasteiger partial charge is 0.489 e. The highest BCUT2D eigenvalue weighted by atomic mass is 35.5. The third-order valence-electron chi connectivity index (χ3n) is 4.85. The zero-order valence-electron chi connectivity index (χ0n) is 16.7. The Kier molecular flexibility index (Phi) is 6.69. The molecule has 0 bridgehead atoms. The van der Waals surface area contributed by atoms with E-state index in [1.165, 1.54) is 18.2 Å². The minimum Gasteiger partial charge on any atom is -0.489 e. The topological polar surface area (TPSA) is 68.6 Å². The second-order valence-corrected chi connectivity index (χ2v) is 7.56. The van der Waals surface area contributed by atoms with Gasteiger partial charge in [-0.1, -0.05) is 23.7 Å². The Morgan fingerprint density at radius 2 is 2.13 bits per heavy atom. The lowest BCUT2D eigenvalue weighted by molar-refractivity contribution is -0.0337. The van der Waals surface area contributed by atoms with Crippen LogP contribution in [0.4, 0.5) is 14.9 Å². The van der Waals surface area contributed by atoms with E-state index in [2.05, 4.69) is 10.4 Å². The summed E-state index contributed by atoms with van der Waals surface area (Å²) in [5, 5.41) is 7.41. The molecule has 2 aromatic carbocycles. The van der Waals surface area contributed by atoms with Crippen molar-refractivity contribution in [1.82, 2.24) is 14.7 Å². The number of benzene rings is 2. The minimum atomic E-state index is -0.430. The summed E-state index contributed by atoms with van der Waals surface area (Å²) in [4.78, 5) is 14.3. The molecular formula is C22H22ClFN4O3. The maximum atomic E-state index is 13.4. The van der Waals surface area contributed by atoms with Crippen LogP contribution in [0.3, 0.4) is 0 Å². The van der Waals surface area contributed by atoms with Crippen molar-refractivity contribution in [2.75, 3.05) is 31.6 Å². The molecule has 0 saturated carbocycles. The number of ether oxygens (including phenoxy) is 2. The molecule has 9 heteroatoms. The van der Waals surface area contributed by atoms with Gasteiger partial charge in [0.25, 0.3) is 0 Å². The number of urea groups is 1. The number of nitrogens with one attached hydrogen (secondary N) is 1. The molecule has 1 aliphatic heterocycles. The first-order valence-electron chi connectivity index (χ1n) is 9.88. The number of hydrogen-bond donors (Lipinski definition) is 1. The summed E-state index contributed by atoms with van der Waals surface area (Å²) in [5.41, 5.74) is 1.79. The molecule has 3 aromatic rings. The fourth-order valence-electron chi connectivity index (χ4n) is 3.25. The molecule has 1 aliphatic rings. The Morgan fingerprint density at radius 1 is 1.29 bits per heavy atom. The molecule has 162 valence electrons. The third-order valence-corrected chi connectivity index (χ3v) is 5.17. The normalized spacial score (nSPS) is 16.2. The van der Waals surface area contributed by atoms with E-state index < -0.39 is 5.82 Å². The van der Waals surface area contributed by atoms with Crippen molar-refractivity contribution in [3.8, 4) is 5.75 Å². The molecule has 1 atom stereocenters. The van der Waals surface area contributed by atoms with Gasteiger partial charge < -0.3 is 19.7 Å². The average molecular weight is 445 g/mol. The number of aromatic nitrogens is 2. The van der Waals surface area contributed by atoms with Gasteiger partial charge in [0.1, 0.15) is 24.3 Å². The van der Waals surface area contributed by atoms with Crippen molar-refractivity contribution in [2.24, 2.45) is 0 Å². The van der Waals surface area contributed by atoms with E-state index in [9.17, 15) is 9.18 Å². The molecular weight excluding hydrogens is 423 g/mol. The van der Waals surface area contributed by atoms with Gasteiger partial charge in [0.2, 0.25) is 0 Å². The third kappa shape index (κ3) is 5.74. The van der Waals surface area contributed by atoms with E-state index >= 15 is 0 Å². The van der Waals surface area contributed by atoms with Crippen LogP contribution in [-0.2, 0) is 11.3 Å². The number of rotatable bonds is 6. The second kappa shape index (κ2) is 9.80. The van der Waals surface area contributed by atoms with Crippen molar-refractivity contribution < 1.29 is 18.7 Å². The maximum Gasteiger partial charge on any atom is 0.322 e. The van der Waals surface area contributed by atoms with Crippen LogP contribution in [0.25, 0.3) is 0 Å². The Hall–Kier alpha value is -3.10. The number of morpholine rings is 1. The number of amides is 2. The van der Waals surface area contributed by atoms with E-state index in [4.69, 9.17) is 21.1 Å². The molecule has 1 fully saturated rings. The Labute approximate surface area is 184 Å². The number of carbonyl (C=O) groups excluding carboxylic acids is 1. The van der Waals surface area contributed by atoms with Crippen LogP contribution < -0.4 is 10.1 Å². The van der Waals surface area contributed by atoms with Crippen molar-refractivity contribution in [2.45, 2.75) is 12.6 Å². The standard InChI is InChI=1S/C22H22ClFN4O3/c23-20-7-4-17(24)12-21(20)31-15-19-14-27(10-11-30-19)22(29)26-18-5-2-16(3-6-18)13-28-9-1-8-25-28/h1-9,12,19H,10-11,13-15H2,(H,26,29). The summed E-state index contributed by atoms with van der Waals surface area (Å²) in [5.74, 6) is -0.178. The van der Waals surface area contributed by atoms with Gasteiger partial charge in [0, 0.05) is 30.7 Å². The molecule has 1 unspecified atom stereocenters. The minimum absolute atomic E-state index is 0.162. The lowest BCUT2D eigenvalue weighted by Crippen LogP contribution is -2.49. The quantitative estimate of drug-likeness (QED) is 0.623. The predicted molar refractivity (Wildman–Crippen MR) is 115 cm³/mol. The van der Waals surface area contributed by atoms with Gasteiger partial charge in [0.05, 0.1) is 24.7 Å². The van der Waals surface area contributed by atoms with Gasteiger partial charge in [-0.15, -0.1) is 0 Å². The van der Waals surface area contributed by atoms with Crippen LogP contribution in [0.1, 0.15) is 5.56 Å². The lowest BCUT2D eigenvalue weighted by atomic mass is 10.2. The fraction of sp³-hybridized carbons (Fsp3) is 0.273. The summed E-state index contributed by atoms with van der Waals surface area (Å²) in [7, 11) is 0. The summed E-state index contributed by atoms with van der Waals surface area (Å²) < 4.78 is 26.5. The van der Waals surface area contributed by atoms with Gasteiger partial charge in [-0.3, -0.25) is 4.68 Å². The van der Waals surface area contributed by atoms with Crippen molar-refractivity contribution in [3.05, 3.63) is 77.3 Å². The van der Waals surface area contributed by atoms with Gasteiger partial charge in [0.15, 0.2) is 0 Å². The first-order chi connectivity index (χ1) is 15.1. The van der Waals surface area contributed by atoms with Crippen molar-refractivity contribution in [1.29, 1.82) is 0 Å². The molecule has 1 N–H and O–H groups in total. The zero-order valence-corrected chi connectivity index (χ0v) is 17.5. The lowest BCUT2D eigenvalue weighted by Gasteiger charge is -2.32. The molecule has 1 aromatic heterocycles. The van der Waals surface area contributed by atoms with Crippen LogP contribution in [0.5, 0.6) is 5.75 Å². The van der Waals surface area contributed by atoms with Gasteiger partial charge in [-0.2, -0.15) is 5.10 Å². The Morgan fingerprint density at radius 3 is 2.90 bits per heavy atom. The van der Waals surface area contributed by atoms with Gasteiger partial charge >= 0.3 is 6.03 Å². The number of nitrogens with zero attached hydrogens (tertiary/aromatic N) is 3. The molecule has 0 aliphatic carbocycles. The van der Waals surface area contributed by atoms with E-state index in [0.29, 0.717) is 37.0 Å². The van der Waals surface area contributed by atoms with E-state index in [1.54, 1.807) is 11.1 Å². The van der Waals surface area contributed by atoms with Gasteiger partial charge in [-0.25, -0.2) is 9.18 Å². The highest BCUT2D eigenvalue weighted by molar-refractivity contribution is 6.32. The average Bonchev–Trinajstić information content (AvgIpc) is 3.29. The van der Waals surface area contributed by atoms with Crippen molar-refractivity contribution in [3.63, 3.8) is 0 Å². The smallest absolute Gasteiger partial charge is 0.322 e. The Bertz CT molecular complexity index is 1010. The number of halogens is 2. The monoisotopic (exact) mass is 444 g/mol. The predicted octanol–water partition coefficient (Wildman–Crippen LogP) is 4.04. The summed E-state index contributed by atoms with van der Waals surface area (Å²) >= 11 is 6.02. The molecule has 7 nitrogen and oxygen atoms in total. The molecule has 2 amide bonds. The molecule has 2 heterocycles. The SMILES string of the molecule is O=C(Nc1ccc(Cn2cccn2)cc1)N1CCOC(COc2cc(F)ccc2Cl)C1. The zero-order chi connectivity index (χ0) is 21.6. The summed E-state index contributed by atoms with van der Waals surface area (Å²) in [6.45, 7) is 2.05. The van der Waals surface area contributed by atoms with Crippen LogP contribution >= 0.6 is 11.6 Å². The number of hydrogen-bond acceptors (Lipinski definition) is 4. The first kappa shape index (κ1) is 21.1. The first-order valence-corrected chi connectivity index (χ1v) is 10.3. The fourth-order valence-corrected chi connectivity index (χ4v) is 3.42. The molecule has 4 rings (SSSR count). The molecule has 0 radical (unpaired) electrons. The summed E-state index contributed by atoms with van der Waals surface area (Å²) in [6.07, 6.45) is 3.30. The van der Waals surface area contributed by atoms with Crippen LogP contribution in [0, 0.1) is 5.82 Å². The Balaban J connectivity index is 1.28. The molecule has 0 spiro atoms. The number of anilines is 1. The van der Waals surface area contributed by atoms with E-state index in [-0.39, 0.29) is 24.5 Å².